The van der Waals surface area contributed by atoms with Crippen molar-refractivity contribution in [3.8, 4) is 0 Å². The topological polar surface area (TPSA) is 12.9 Å². The van der Waals surface area contributed by atoms with Crippen LogP contribution in [0.5, 0.6) is 0 Å². The lowest BCUT2D eigenvalue weighted by molar-refractivity contribution is 0.383. The van der Waals surface area contributed by atoms with E-state index in [1.165, 1.54) is 11.3 Å². The van der Waals surface area contributed by atoms with Gasteiger partial charge in [-0.2, -0.15) is 13.8 Å². The molecule has 1 nitrogen and oxygen atoms in total. The number of thiophene rings is 1. The van der Waals surface area contributed by atoms with Gasteiger partial charge in [0.1, 0.15) is 0 Å². The summed E-state index contributed by atoms with van der Waals surface area (Å²) in [5.74, 6) is -6.23. The molecular formula is C9H3F4NS2. The van der Waals surface area contributed by atoms with Crippen LogP contribution in [0.25, 0.3) is 0 Å². The molecule has 0 unspecified atom stereocenters. The Labute approximate surface area is 96.1 Å². The second-order valence-corrected chi connectivity index (χ2v) is 4.94. The van der Waals surface area contributed by atoms with Gasteiger partial charge in [0.2, 0.25) is 0 Å². The van der Waals surface area contributed by atoms with Crippen LogP contribution in [-0.4, -0.2) is 4.98 Å². The lowest BCUT2D eigenvalue weighted by Crippen LogP contribution is -2.01. The molecule has 0 aliphatic heterocycles. The van der Waals surface area contributed by atoms with Crippen molar-refractivity contribution < 1.29 is 17.6 Å². The summed E-state index contributed by atoms with van der Waals surface area (Å²) >= 11 is 1.84. The SMILES string of the molecule is Fc1nc(F)c(F)c(Sc2cccs2)c1F. The van der Waals surface area contributed by atoms with Gasteiger partial charge in [0.15, 0.2) is 11.6 Å². The van der Waals surface area contributed by atoms with Crippen LogP contribution >= 0.6 is 23.1 Å². The summed E-state index contributed by atoms with van der Waals surface area (Å²) in [6, 6.07) is 3.25. The molecule has 84 valence electrons. The van der Waals surface area contributed by atoms with Crippen LogP contribution in [0.4, 0.5) is 17.6 Å². The van der Waals surface area contributed by atoms with E-state index in [-0.39, 0.29) is 0 Å². The van der Waals surface area contributed by atoms with Crippen molar-refractivity contribution in [1.82, 2.24) is 4.98 Å². The average Bonchev–Trinajstić information content (AvgIpc) is 2.74. The first-order valence-corrected chi connectivity index (χ1v) is 5.70. The van der Waals surface area contributed by atoms with E-state index in [1.807, 2.05) is 0 Å². The van der Waals surface area contributed by atoms with Gasteiger partial charge in [0.25, 0.3) is 11.9 Å². The van der Waals surface area contributed by atoms with Gasteiger partial charge in [0.05, 0.1) is 9.10 Å². The van der Waals surface area contributed by atoms with Crippen molar-refractivity contribution in [3.05, 3.63) is 41.0 Å². The molecule has 0 aliphatic rings. The molecule has 0 amide bonds. The van der Waals surface area contributed by atoms with E-state index in [2.05, 4.69) is 4.98 Å². The molecule has 0 saturated heterocycles. The smallest absolute Gasteiger partial charge is 0.201 e. The van der Waals surface area contributed by atoms with Crippen molar-refractivity contribution >= 4 is 23.1 Å². The molecule has 2 aromatic heterocycles. The van der Waals surface area contributed by atoms with Crippen LogP contribution in [0.2, 0.25) is 0 Å². The van der Waals surface area contributed by atoms with Gasteiger partial charge in [-0.1, -0.05) is 17.8 Å². The highest BCUT2D eigenvalue weighted by molar-refractivity contribution is 8.01. The Morgan fingerprint density at radius 2 is 1.69 bits per heavy atom. The summed E-state index contributed by atoms with van der Waals surface area (Å²) in [6.07, 6.45) is 0. The van der Waals surface area contributed by atoms with Gasteiger partial charge >= 0.3 is 0 Å². The Hall–Kier alpha value is -1.08. The molecule has 0 aromatic carbocycles. The summed E-state index contributed by atoms with van der Waals surface area (Å²) in [5.41, 5.74) is 0. The Morgan fingerprint density at radius 3 is 2.19 bits per heavy atom. The van der Waals surface area contributed by atoms with Gasteiger partial charge in [-0.3, -0.25) is 0 Å². The summed E-state index contributed by atoms with van der Waals surface area (Å²) in [5, 5.41) is 1.69. The third-order valence-corrected chi connectivity index (χ3v) is 3.76. The molecule has 2 heterocycles. The molecule has 0 radical (unpaired) electrons. The summed E-state index contributed by atoms with van der Waals surface area (Å²) in [4.78, 5) is 1.75. The average molecular weight is 265 g/mol. The van der Waals surface area contributed by atoms with E-state index < -0.39 is 28.4 Å². The molecule has 7 heteroatoms. The third kappa shape index (κ3) is 2.05. The lowest BCUT2D eigenvalue weighted by atomic mass is 10.4. The Morgan fingerprint density at radius 1 is 1.06 bits per heavy atom. The number of halogens is 4. The zero-order valence-electron chi connectivity index (χ0n) is 7.51. The van der Waals surface area contributed by atoms with Crippen LogP contribution in [0, 0.1) is 23.5 Å². The normalized spacial score (nSPS) is 10.8. The Balaban J connectivity index is 2.47. The zero-order valence-corrected chi connectivity index (χ0v) is 9.14. The fourth-order valence-corrected chi connectivity index (χ4v) is 2.73. The summed E-state index contributed by atoms with van der Waals surface area (Å²) in [6.45, 7) is 0. The Bertz CT molecular complexity index is 486. The second-order valence-electron chi connectivity index (χ2n) is 2.68. The molecule has 0 fully saturated rings. The van der Waals surface area contributed by atoms with Crippen molar-refractivity contribution in [3.63, 3.8) is 0 Å². The molecular weight excluding hydrogens is 262 g/mol. The van der Waals surface area contributed by atoms with E-state index in [0.717, 1.165) is 0 Å². The van der Waals surface area contributed by atoms with Crippen molar-refractivity contribution in [2.45, 2.75) is 9.10 Å². The Kier molecular flexibility index (Phi) is 3.15. The molecule has 16 heavy (non-hydrogen) atoms. The maximum Gasteiger partial charge on any atom is 0.252 e. The molecule has 0 atom stereocenters. The molecule has 0 bridgehead atoms. The predicted octanol–water partition coefficient (Wildman–Crippen LogP) is 3.85. The predicted molar refractivity (Wildman–Crippen MR) is 52.5 cm³/mol. The molecule has 0 aliphatic carbocycles. The first-order chi connectivity index (χ1) is 7.59. The molecule has 0 N–H and O–H groups in total. The quantitative estimate of drug-likeness (QED) is 0.604. The van der Waals surface area contributed by atoms with Crippen LogP contribution in [0.15, 0.2) is 26.6 Å². The molecule has 0 saturated carbocycles. The van der Waals surface area contributed by atoms with Gasteiger partial charge in [-0.15, -0.1) is 11.3 Å². The van der Waals surface area contributed by atoms with Crippen LogP contribution in [-0.2, 0) is 0 Å². The largest absolute Gasteiger partial charge is 0.252 e. The van der Waals surface area contributed by atoms with Gasteiger partial charge in [-0.05, 0) is 11.4 Å². The fourth-order valence-electron chi connectivity index (χ4n) is 0.980. The maximum atomic E-state index is 13.2. The van der Waals surface area contributed by atoms with E-state index in [4.69, 9.17) is 0 Å². The second kappa shape index (κ2) is 4.42. The standard InChI is InChI=1S/C9H3F4NS2/c10-5-7(16-4-2-1-3-15-4)6(11)9(13)14-8(5)12/h1-3H. The van der Waals surface area contributed by atoms with Gasteiger partial charge in [-0.25, -0.2) is 8.78 Å². The summed E-state index contributed by atoms with van der Waals surface area (Å²) < 4.78 is 52.4. The monoisotopic (exact) mass is 265 g/mol. The highest BCUT2D eigenvalue weighted by Gasteiger charge is 2.21. The van der Waals surface area contributed by atoms with Gasteiger partial charge in [0, 0.05) is 0 Å². The maximum absolute atomic E-state index is 13.2. The van der Waals surface area contributed by atoms with Crippen molar-refractivity contribution in [2.75, 3.05) is 0 Å². The van der Waals surface area contributed by atoms with Crippen molar-refractivity contribution in [1.29, 1.82) is 0 Å². The van der Waals surface area contributed by atoms with Crippen molar-refractivity contribution in [2.24, 2.45) is 0 Å². The van der Waals surface area contributed by atoms with E-state index in [9.17, 15) is 17.6 Å². The van der Waals surface area contributed by atoms with E-state index in [1.54, 1.807) is 17.5 Å². The molecule has 0 spiro atoms. The lowest BCUT2D eigenvalue weighted by Gasteiger charge is -2.03. The highest BCUT2D eigenvalue weighted by atomic mass is 32.2. The number of pyridine rings is 1. The first-order valence-electron chi connectivity index (χ1n) is 4.01. The van der Waals surface area contributed by atoms with E-state index in [0.29, 0.717) is 16.0 Å². The van der Waals surface area contributed by atoms with Crippen LogP contribution in [0.1, 0.15) is 0 Å². The summed E-state index contributed by atoms with van der Waals surface area (Å²) in [7, 11) is 0. The van der Waals surface area contributed by atoms with Crippen LogP contribution in [0.3, 0.4) is 0 Å². The number of aromatic nitrogens is 1. The zero-order chi connectivity index (χ0) is 11.7. The minimum Gasteiger partial charge on any atom is -0.201 e. The minimum absolute atomic E-state index is 0.530. The van der Waals surface area contributed by atoms with Gasteiger partial charge < -0.3 is 0 Å². The number of hydrogen-bond acceptors (Lipinski definition) is 3. The molecule has 2 rings (SSSR count). The van der Waals surface area contributed by atoms with E-state index >= 15 is 0 Å². The highest BCUT2D eigenvalue weighted by Crippen LogP contribution is 2.35. The minimum atomic E-state index is -1.64. The third-order valence-electron chi connectivity index (χ3n) is 1.65. The number of hydrogen-bond donors (Lipinski definition) is 0. The van der Waals surface area contributed by atoms with Crippen LogP contribution < -0.4 is 0 Å². The number of rotatable bonds is 2. The first kappa shape index (κ1) is 11.4. The number of nitrogens with zero attached hydrogens (tertiary/aromatic N) is 1. The fraction of sp³-hybridized carbons (Fsp3) is 0. The molecule has 2 aromatic rings.